The summed E-state index contributed by atoms with van der Waals surface area (Å²) in [5.41, 5.74) is 1.13. The van der Waals surface area contributed by atoms with Gasteiger partial charge in [-0.1, -0.05) is 37.3 Å². The van der Waals surface area contributed by atoms with Gasteiger partial charge in [-0.25, -0.2) is 9.59 Å². The SMILES string of the molecule is CC(CNC(=O)N1CCOCC1C(=O)O)c1ccccc1. The average Bonchev–Trinajstić information content (AvgIpc) is 2.53. The molecule has 21 heavy (non-hydrogen) atoms. The van der Waals surface area contributed by atoms with Crippen LogP contribution in [0.1, 0.15) is 18.4 Å². The molecule has 1 heterocycles. The van der Waals surface area contributed by atoms with Crippen molar-refractivity contribution in [2.45, 2.75) is 18.9 Å². The molecule has 1 fully saturated rings. The van der Waals surface area contributed by atoms with Crippen LogP contribution in [0.5, 0.6) is 0 Å². The zero-order valence-corrected chi connectivity index (χ0v) is 12.0. The number of amides is 2. The zero-order valence-electron chi connectivity index (χ0n) is 12.0. The number of carboxylic acid groups (broad SMARTS) is 1. The van der Waals surface area contributed by atoms with E-state index in [4.69, 9.17) is 9.84 Å². The van der Waals surface area contributed by atoms with Crippen molar-refractivity contribution in [2.75, 3.05) is 26.3 Å². The van der Waals surface area contributed by atoms with Gasteiger partial charge in [-0.3, -0.25) is 0 Å². The Kier molecular flexibility index (Phi) is 5.16. The number of ether oxygens (including phenoxy) is 1. The Labute approximate surface area is 123 Å². The molecule has 2 atom stereocenters. The van der Waals surface area contributed by atoms with E-state index in [0.717, 1.165) is 5.56 Å². The number of urea groups is 1. The van der Waals surface area contributed by atoms with Gasteiger partial charge in [0.1, 0.15) is 0 Å². The molecule has 1 aromatic carbocycles. The number of hydrogen-bond acceptors (Lipinski definition) is 3. The van der Waals surface area contributed by atoms with Crippen LogP contribution in [0, 0.1) is 0 Å². The molecular formula is C15H20N2O4. The summed E-state index contributed by atoms with van der Waals surface area (Å²) in [6, 6.07) is 8.60. The minimum Gasteiger partial charge on any atom is -0.480 e. The Balaban J connectivity index is 1.90. The first kappa shape index (κ1) is 15.3. The van der Waals surface area contributed by atoms with Crippen molar-refractivity contribution in [3.05, 3.63) is 35.9 Å². The lowest BCUT2D eigenvalue weighted by Gasteiger charge is -2.33. The molecule has 1 saturated heterocycles. The average molecular weight is 292 g/mol. The predicted octanol–water partition coefficient (Wildman–Crippen LogP) is 1.29. The normalized spacial score (nSPS) is 19.9. The quantitative estimate of drug-likeness (QED) is 0.876. The number of carbonyl (C=O) groups excluding carboxylic acids is 1. The Morgan fingerprint density at radius 2 is 2.14 bits per heavy atom. The van der Waals surface area contributed by atoms with E-state index in [1.165, 1.54) is 4.90 Å². The highest BCUT2D eigenvalue weighted by Crippen LogP contribution is 2.14. The highest BCUT2D eigenvalue weighted by atomic mass is 16.5. The number of nitrogens with zero attached hydrogens (tertiary/aromatic N) is 1. The van der Waals surface area contributed by atoms with Crippen molar-refractivity contribution in [3.63, 3.8) is 0 Å². The first-order valence-corrected chi connectivity index (χ1v) is 6.99. The minimum atomic E-state index is -1.04. The van der Waals surface area contributed by atoms with E-state index in [0.29, 0.717) is 19.7 Å². The lowest BCUT2D eigenvalue weighted by Crippen LogP contribution is -2.55. The van der Waals surface area contributed by atoms with Gasteiger partial charge < -0.3 is 20.1 Å². The number of carboxylic acids is 1. The van der Waals surface area contributed by atoms with Gasteiger partial charge in [-0.2, -0.15) is 0 Å². The third kappa shape index (κ3) is 3.95. The number of carbonyl (C=O) groups is 2. The Bertz CT molecular complexity index is 492. The van der Waals surface area contributed by atoms with E-state index in [1.807, 2.05) is 37.3 Å². The maximum atomic E-state index is 12.1. The second kappa shape index (κ2) is 7.08. The second-order valence-corrected chi connectivity index (χ2v) is 5.12. The largest absolute Gasteiger partial charge is 0.480 e. The van der Waals surface area contributed by atoms with Gasteiger partial charge in [0.25, 0.3) is 0 Å². The van der Waals surface area contributed by atoms with Gasteiger partial charge in [0.05, 0.1) is 13.2 Å². The van der Waals surface area contributed by atoms with Crippen LogP contribution < -0.4 is 5.32 Å². The number of benzene rings is 1. The van der Waals surface area contributed by atoms with E-state index in [1.54, 1.807) is 0 Å². The summed E-state index contributed by atoms with van der Waals surface area (Å²) in [6.07, 6.45) is 0. The Hall–Kier alpha value is -2.08. The number of aliphatic carboxylic acids is 1. The summed E-state index contributed by atoms with van der Waals surface area (Å²) in [5.74, 6) is -0.875. The van der Waals surface area contributed by atoms with E-state index < -0.39 is 12.0 Å². The molecule has 2 unspecified atom stereocenters. The molecule has 0 aliphatic carbocycles. The molecule has 1 aromatic rings. The molecule has 1 aliphatic heterocycles. The summed E-state index contributed by atoms with van der Waals surface area (Å²) in [6.45, 7) is 3.18. The first-order valence-electron chi connectivity index (χ1n) is 6.99. The maximum absolute atomic E-state index is 12.1. The molecule has 6 nitrogen and oxygen atoms in total. The Morgan fingerprint density at radius 1 is 1.43 bits per heavy atom. The molecule has 2 N–H and O–H groups in total. The van der Waals surface area contributed by atoms with Gasteiger partial charge in [-0.05, 0) is 11.5 Å². The molecule has 0 aromatic heterocycles. The van der Waals surface area contributed by atoms with Gasteiger partial charge in [0.15, 0.2) is 6.04 Å². The van der Waals surface area contributed by atoms with E-state index in [-0.39, 0.29) is 18.6 Å². The summed E-state index contributed by atoms with van der Waals surface area (Å²) < 4.78 is 5.12. The molecule has 0 saturated carbocycles. The molecule has 0 radical (unpaired) electrons. The lowest BCUT2D eigenvalue weighted by atomic mass is 10.0. The van der Waals surface area contributed by atoms with Gasteiger partial charge in [0.2, 0.25) is 0 Å². The summed E-state index contributed by atoms with van der Waals surface area (Å²) in [5, 5.41) is 11.9. The fraction of sp³-hybridized carbons (Fsp3) is 0.467. The topological polar surface area (TPSA) is 78.9 Å². The number of morpholine rings is 1. The van der Waals surface area contributed by atoms with E-state index >= 15 is 0 Å². The highest BCUT2D eigenvalue weighted by Gasteiger charge is 2.32. The van der Waals surface area contributed by atoms with Gasteiger partial charge >= 0.3 is 12.0 Å². The monoisotopic (exact) mass is 292 g/mol. The van der Waals surface area contributed by atoms with Gasteiger partial charge in [-0.15, -0.1) is 0 Å². The molecule has 2 amide bonds. The lowest BCUT2D eigenvalue weighted by molar-refractivity contribution is -0.147. The molecule has 1 aliphatic rings. The number of nitrogens with one attached hydrogen (secondary N) is 1. The van der Waals surface area contributed by atoms with Gasteiger partial charge in [0, 0.05) is 13.1 Å². The van der Waals surface area contributed by atoms with E-state index in [9.17, 15) is 9.59 Å². The Morgan fingerprint density at radius 3 is 2.81 bits per heavy atom. The molecule has 2 rings (SSSR count). The summed E-state index contributed by atoms with van der Waals surface area (Å²) in [4.78, 5) is 24.6. The van der Waals surface area contributed by atoms with Crippen LogP contribution in [0.15, 0.2) is 30.3 Å². The summed E-state index contributed by atoms with van der Waals surface area (Å²) >= 11 is 0. The number of hydrogen-bond donors (Lipinski definition) is 2. The fourth-order valence-corrected chi connectivity index (χ4v) is 2.29. The molecular weight excluding hydrogens is 272 g/mol. The van der Waals surface area contributed by atoms with Crippen LogP contribution in [0.25, 0.3) is 0 Å². The molecule has 0 bridgehead atoms. The predicted molar refractivity (Wildman–Crippen MR) is 77.2 cm³/mol. The van der Waals surface area contributed by atoms with Crippen molar-refractivity contribution in [3.8, 4) is 0 Å². The van der Waals surface area contributed by atoms with Crippen molar-refractivity contribution in [1.29, 1.82) is 0 Å². The standard InChI is InChI=1S/C15H20N2O4/c1-11(12-5-3-2-4-6-12)9-16-15(20)17-7-8-21-10-13(17)14(18)19/h2-6,11,13H,7-10H2,1H3,(H,16,20)(H,18,19). The van der Waals surface area contributed by atoms with Crippen LogP contribution in [-0.2, 0) is 9.53 Å². The molecule has 0 spiro atoms. The zero-order chi connectivity index (χ0) is 15.2. The van der Waals surface area contributed by atoms with E-state index in [2.05, 4.69) is 5.32 Å². The van der Waals surface area contributed by atoms with Crippen LogP contribution in [0.3, 0.4) is 0 Å². The third-order valence-electron chi connectivity index (χ3n) is 3.60. The summed E-state index contributed by atoms with van der Waals surface area (Å²) in [7, 11) is 0. The minimum absolute atomic E-state index is 0.0387. The fourth-order valence-electron chi connectivity index (χ4n) is 2.29. The molecule has 6 heteroatoms. The second-order valence-electron chi connectivity index (χ2n) is 5.12. The van der Waals surface area contributed by atoms with Crippen molar-refractivity contribution < 1.29 is 19.4 Å². The van der Waals surface area contributed by atoms with Crippen molar-refractivity contribution in [2.24, 2.45) is 0 Å². The first-order chi connectivity index (χ1) is 10.1. The molecule has 114 valence electrons. The van der Waals surface area contributed by atoms with Crippen molar-refractivity contribution >= 4 is 12.0 Å². The van der Waals surface area contributed by atoms with Crippen LogP contribution in [0.4, 0.5) is 4.79 Å². The maximum Gasteiger partial charge on any atom is 0.328 e. The smallest absolute Gasteiger partial charge is 0.328 e. The van der Waals surface area contributed by atoms with Crippen LogP contribution in [-0.4, -0.2) is 54.4 Å². The highest BCUT2D eigenvalue weighted by molar-refractivity contribution is 5.83. The van der Waals surface area contributed by atoms with Crippen molar-refractivity contribution in [1.82, 2.24) is 10.2 Å². The van der Waals surface area contributed by atoms with Crippen LogP contribution >= 0.6 is 0 Å². The number of rotatable bonds is 4. The van der Waals surface area contributed by atoms with Crippen LogP contribution in [0.2, 0.25) is 0 Å². The third-order valence-corrected chi connectivity index (χ3v) is 3.60.